The van der Waals surface area contributed by atoms with Crippen LogP contribution < -0.4 is 10.2 Å². The molecule has 0 atom stereocenters. The van der Waals surface area contributed by atoms with E-state index in [1.54, 1.807) is 24.3 Å². The maximum Gasteiger partial charge on any atom is 0.257 e. The lowest BCUT2D eigenvalue weighted by atomic mass is 10.1. The molecule has 1 N–H and O–H groups in total. The molecule has 0 bridgehead atoms. The molecule has 3 aromatic rings. The number of hydrogen-bond acceptors (Lipinski definition) is 5. The van der Waals surface area contributed by atoms with Gasteiger partial charge in [-0.3, -0.25) is 24.6 Å². The van der Waals surface area contributed by atoms with Crippen molar-refractivity contribution in [2.75, 3.05) is 10.2 Å². The Labute approximate surface area is 164 Å². The van der Waals surface area contributed by atoms with E-state index >= 15 is 0 Å². The normalized spacial score (nSPS) is 14.9. The SMILES string of the molecule is O=C(Nc1nc2c(s1)Cc1ccccc1-2)c1ccc(N2C(=O)CCC2=O)cc1. The van der Waals surface area contributed by atoms with Gasteiger partial charge in [-0.15, -0.1) is 11.3 Å². The van der Waals surface area contributed by atoms with E-state index in [0.717, 1.165) is 22.6 Å². The number of imide groups is 1. The number of nitrogens with zero attached hydrogens (tertiary/aromatic N) is 2. The predicted octanol–water partition coefficient (Wildman–Crippen LogP) is 3.62. The van der Waals surface area contributed by atoms with E-state index in [0.29, 0.717) is 16.4 Å². The van der Waals surface area contributed by atoms with Crippen LogP contribution in [0.15, 0.2) is 48.5 Å². The molecule has 2 aliphatic rings. The maximum absolute atomic E-state index is 12.6. The number of hydrogen-bond donors (Lipinski definition) is 1. The van der Waals surface area contributed by atoms with Gasteiger partial charge in [0, 0.05) is 35.3 Å². The zero-order valence-corrected chi connectivity index (χ0v) is 15.6. The van der Waals surface area contributed by atoms with Crippen molar-refractivity contribution in [2.24, 2.45) is 0 Å². The summed E-state index contributed by atoms with van der Waals surface area (Å²) in [7, 11) is 0. The third-order valence-corrected chi connectivity index (χ3v) is 5.95. The first kappa shape index (κ1) is 16.8. The number of fused-ring (bicyclic) bond motifs is 3. The maximum atomic E-state index is 12.6. The van der Waals surface area contributed by atoms with Gasteiger partial charge < -0.3 is 0 Å². The molecule has 28 heavy (non-hydrogen) atoms. The molecular weight excluding hydrogens is 374 g/mol. The number of anilines is 2. The smallest absolute Gasteiger partial charge is 0.257 e. The number of amides is 3. The summed E-state index contributed by atoms with van der Waals surface area (Å²) in [6.07, 6.45) is 1.31. The van der Waals surface area contributed by atoms with Gasteiger partial charge in [0.25, 0.3) is 5.91 Å². The summed E-state index contributed by atoms with van der Waals surface area (Å²) in [5.74, 6) is -0.689. The Morgan fingerprint density at radius 3 is 2.46 bits per heavy atom. The van der Waals surface area contributed by atoms with E-state index in [2.05, 4.69) is 16.4 Å². The van der Waals surface area contributed by atoms with Crippen molar-refractivity contribution in [3.63, 3.8) is 0 Å². The van der Waals surface area contributed by atoms with Gasteiger partial charge in [-0.05, 0) is 29.8 Å². The minimum absolute atomic E-state index is 0.209. The Kier molecular flexibility index (Phi) is 3.84. The number of aromatic nitrogens is 1. The van der Waals surface area contributed by atoms with Gasteiger partial charge in [-0.25, -0.2) is 4.98 Å². The fraction of sp³-hybridized carbons (Fsp3) is 0.143. The summed E-state index contributed by atoms with van der Waals surface area (Å²) in [6, 6.07) is 14.6. The fourth-order valence-corrected chi connectivity index (χ4v) is 4.60. The zero-order chi connectivity index (χ0) is 19.3. The van der Waals surface area contributed by atoms with Crippen LogP contribution in [-0.4, -0.2) is 22.7 Å². The van der Waals surface area contributed by atoms with Gasteiger partial charge >= 0.3 is 0 Å². The van der Waals surface area contributed by atoms with Gasteiger partial charge in [-0.2, -0.15) is 0 Å². The third-order valence-electron chi connectivity index (χ3n) is 4.98. The molecule has 1 saturated heterocycles. The Bertz CT molecular complexity index is 1120. The molecule has 3 amide bonds. The molecule has 0 spiro atoms. The Hall–Kier alpha value is -3.32. The molecule has 5 rings (SSSR count). The number of carbonyl (C=O) groups excluding carboxylic acids is 3. The lowest BCUT2D eigenvalue weighted by Crippen LogP contribution is -2.28. The number of nitrogens with one attached hydrogen (secondary N) is 1. The van der Waals surface area contributed by atoms with E-state index in [-0.39, 0.29) is 30.6 Å². The molecule has 138 valence electrons. The lowest BCUT2D eigenvalue weighted by molar-refractivity contribution is -0.121. The molecule has 1 aromatic heterocycles. The van der Waals surface area contributed by atoms with Crippen molar-refractivity contribution >= 4 is 39.9 Å². The van der Waals surface area contributed by atoms with Crippen LogP contribution in [-0.2, 0) is 16.0 Å². The molecule has 0 saturated carbocycles. The quantitative estimate of drug-likeness (QED) is 0.543. The van der Waals surface area contributed by atoms with Gasteiger partial charge in [0.1, 0.15) is 0 Å². The van der Waals surface area contributed by atoms with E-state index in [9.17, 15) is 14.4 Å². The topological polar surface area (TPSA) is 79.4 Å². The van der Waals surface area contributed by atoms with Crippen LogP contribution in [0.3, 0.4) is 0 Å². The van der Waals surface area contributed by atoms with Gasteiger partial charge in [0.15, 0.2) is 5.13 Å². The van der Waals surface area contributed by atoms with E-state index < -0.39 is 0 Å². The average Bonchev–Trinajstić information content (AvgIpc) is 3.34. The van der Waals surface area contributed by atoms with Gasteiger partial charge in [0.05, 0.1) is 11.4 Å². The number of rotatable bonds is 3. The number of carbonyl (C=O) groups is 3. The summed E-state index contributed by atoms with van der Waals surface area (Å²) in [5.41, 5.74) is 4.26. The summed E-state index contributed by atoms with van der Waals surface area (Å²) in [4.78, 5) is 43.1. The molecule has 0 radical (unpaired) electrons. The first-order valence-electron chi connectivity index (χ1n) is 8.95. The van der Waals surface area contributed by atoms with Crippen LogP contribution in [0.2, 0.25) is 0 Å². The molecule has 6 nitrogen and oxygen atoms in total. The van der Waals surface area contributed by atoms with Crippen molar-refractivity contribution in [1.29, 1.82) is 0 Å². The van der Waals surface area contributed by atoms with Crippen LogP contribution in [0.25, 0.3) is 11.3 Å². The van der Waals surface area contributed by atoms with Crippen LogP contribution in [0.1, 0.15) is 33.6 Å². The summed E-state index contributed by atoms with van der Waals surface area (Å²) in [5, 5.41) is 3.41. The first-order chi connectivity index (χ1) is 13.6. The molecule has 1 aliphatic carbocycles. The van der Waals surface area contributed by atoms with Crippen molar-refractivity contribution in [3.8, 4) is 11.3 Å². The minimum atomic E-state index is -0.272. The predicted molar refractivity (Wildman–Crippen MR) is 106 cm³/mol. The average molecular weight is 389 g/mol. The second-order valence-corrected chi connectivity index (χ2v) is 7.83. The Balaban J connectivity index is 1.33. The molecule has 1 aliphatic heterocycles. The van der Waals surface area contributed by atoms with Crippen LogP contribution in [0, 0.1) is 0 Å². The van der Waals surface area contributed by atoms with Gasteiger partial charge in [0.2, 0.25) is 11.8 Å². The molecule has 2 aromatic carbocycles. The minimum Gasteiger partial charge on any atom is -0.298 e. The standard InChI is InChI=1S/C21H15N3O3S/c25-17-9-10-18(26)24(17)14-7-5-12(6-8-14)20(27)23-21-22-19-15-4-2-1-3-13(15)11-16(19)28-21/h1-8H,9-11H2,(H,22,23,27). The van der Waals surface area contributed by atoms with Crippen molar-refractivity contribution in [1.82, 2.24) is 4.98 Å². The monoisotopic (exact) mass is 389 g/mol. The second kappa shape index (κ2) is 6.38. The summed E-state index contributed by atoms with van der Waals surface area (Å²) < 4.78 is 0. The second-order valence-electron chi connectivity index (χ2n) is 6.75. The number of benzene rings is 2. The summed E-state index contributed by atoms with van der Waals surface area (Å²) in [6.45, 7) is 0. The number of thiazole rings is 1. The Morgan fingerprint density at radius 1 is 1.00 bits per heavy atom. The summed E-state index contributed by atoms with van der Waals surface area (Å²) >= 11 is 1.49. The van der Waals surface area contributed by atoms with Crippen molar-refractivity contribution in [3.05, 3.63) is 64.5 Å². The van der Waals surface area contributed by atoms with Crippen molar-refractivity contribution < 1.29 is 14.4 Å². The fourth-order valence-electron chi connectivity index (χ4n) is 3.61. The van der Waals surface area contributed by atoms with E-state index in [4.69, 9.17) is 0 Å². The molecule has 0 unspecified atom stereocenters. The highest BCUT2D eigenvalue weighted by atomic mass is 32.1. The molecule has 2 heterocycles. The zero-order valence-electron chi connectivity index (χ0n) is 14.8. The van der Waals surface area contributed by atoms with Crippen LogP contribution in [0.5, 0.6) is 0 Å². The largest absolute Gasteiger partial charge is 0.298 e. The van der Waals surface area contributed by atoms with Gasteiger partial charge in [-0.1, -0.05) is 24.3 Å². The highest BCUT2D eigenvalue weighted by Crippen LogP contribution is 2.40. The first-order valence-corrected chi connectivity index (χ1v) is 9.77. The highest BCUT2D eigenvalue weighted by molar-refractivity contribution is 7.16. The Morgan fingerprint density at radius 2 is 1.71 bits per heavy atom. The van der Waals surface area contributed by atoms with E-state index in [1.165, 1.54) is 21.8 Å². The molecule has 7 heteroatoms. The van der Waals surface area contributed by atoms with Crippen LogP contribution >= 0.6 is 11.3 Å². The highest BCUT2D eigenvalue weighted by Gasteiger charge is 2.30. The van der Waals surface area contributed by atoms with Crippen molar-refractivity contribution in [2.45, 2.75) is 19.3 Å². The third kappa shape index (κ3) is 2.71. The molecule has 1 fully saturated rings. The lowest BCUT2D eigenvalue weighted by Gasteiger charge is -2.14. The van der Waals surface area contributed by atoms with E-state index in [1.807, 2.05) is 18.2 Å². The van der Waals surface area contributed by atoms with Crippen LogP contribution in [0.4, 0.5) is 10.8 Å². The molecular formula is C21H15N3O3S.